The van der Waals surface area contributed by atoms with Gasteiger partial charge in [-0.05, 0) is 61.9 Å². The predicted molar refractivity (Wildman–Crippen MR) is 141 cm³/mol. The van der Waals surface area contributed by atoms with Gasteiger partial charge in [0.05, 0.1) is 12.1 Å². The summed E-state index contributed by atoms with van der Waals surface area (Å²) < 4.78 is 12.1. The molecule has 2 saturated heterocycles. The van der Waals surface area contributed by atoms with Gasteiger partial charge in [-0.3, -0.25) is 9.69 Å². The molecule has 0 saturated carbocycles. The van der Waals surface area contributed by atoms with E-state index in [1.807, 2.05) is 19.2 Å². The van der Waals surface area contributed by atoms with Crippen LogP contribution >= 0.6 is 0 Å². The van der Waals surface area contributed by atoms with Gasteiger partial charge in [0.2, 0.25) is 0 Å². The maximum atomic E-state index is 12.7. The number of carbonyl (C=O) groups is 1. The Hall–Kier alpha value is -2.41. The first-order valence-electron chi connectivity index (χ1n) is 13.2. The zero-order valence-corrected chi connectivity index (χ0v) is 21.6. The summed E-state index contributed by atoms with van der Waals surface area (Å²) in [6.07, 6.45) is 5.57. The molecule has 0 aromatic heterocycles. The molecule has 35 heavy (non-hydrogen) atoms. The van der Waals surface area contributed by atoms with Gasteiger partial charge in [0.15, 0.2) is 6.29 Å². The normalized spacial score (nSPS) is 21.6. The smallest absolute Gasteiger partial charge is 0.253 e. The molecule has 0 spiro atoms. The Morgan fingerprint density at radius 1 is 1.09 bits per heavy atom. The predicted octanol–water partition coefficient (Wildman–Crippen LogP) is 4.96. The third-order valence-electron chi connectivity index (χ3n) is 7.22. The Morgan fingerprint density at radius 3 is 2.54 bits per heavy atom. The molecular weight excluding hydrogens is 438 g/mol. The number of benzene rings is 2. The fourth-order valence-electron chi connectivity index (χ4n) is 5.15. The first kappa shape index (κ1) is 25.7. The van der Waals surface area contributed by atoms with Crippen LogP contribution in [0.3, 0.4) is 0 Å². The quantitative estimate of drug-likeness (QED) is 0.482. The molecule has 2 aromatic rings. The van der Waals surface area contributed by atoms with Gasteiger partial charge in [-0.2, -0.15) is 0 Å². The topological polar surface area (TPSA) is 45.3 Å². The first-order chi connectivity index (χ1) is 17.0. The number of anilines is 1. The lowest BCUT2D eigenvalue weighted by Gasteiger charge is -2.34. The maximum absolute atomic E-state index is 12.7. The summed E-state index contributed by atoms with van der Waals surface area (Å²) in [5, 5.41) is 0. The van der Waals surface area contributed by atoms with E-state index in [9.17, 15) is 4.79 Å². The minimum Gasteiger partial charge on any atom is -0.366 e. The number of ether oxygens (including phenoxy) is 2. The highest BCUT2D eigenvalue weighted by Gasteiger charge is 2.30. The molecule has 2 aliphatic heterocycles. The lowest BCUT2D eigenvalue weighted by molar-refractivity contribution is -0.185. The molecule has 6 heteroatoms. The van der Waals surface area contributed by atoms with Crippen molar-refractivity contribution in [2.75, 3.05) is 51.8 Å². The van der Waals surface area contributed by atoms with Crippen LogP contribution in [0.5, 0.6) is 0 Å². The zero-order valence-electron chi connectivity index (χ0n) is 21.6. The lowest BCUT2D eigenvalue weighted by Crippen LogP contribution is -2.36. The number of rotatable bonds is 10. The van der Waals surface area contributed by atoms with Crippen molar-refractivity contribution in [1.82, 2.24) is 9.80 Å². The number of likely N-dealkylation sites (N-methyl/N-ethyl adjacent to an activating group) is 1. The van der Waals surface area contributed by atoms with Crippen LogP contribution in [0, 0.1) is 0 Å². The van der Waals surface area contributed by atoms with Crippen molar-refractivity contribution >= 4 is 11.6 Å². The highest BCUT2D eigenvalue weighted by atomic mass is 16.7. The summed E-state index contributed by atoms with van der Waals surface area (Å²) in [6, 6.07) is 18.9. The van der Waals surface area contributed by atoms with E-state index in [1.54, 1.807) is 4.90 Å². The van der Waals surface area contributed by atoms with Gasteiger partial charge in [-0.25, -0.2) is 0 Å². The van der Waals surface area contributed by atoms with Crippen LogP contribution in [0.1, 0.15) is 61.0 Å². The third-order valence-corrected chi connectivity index (χ3v) is 7.22. The molecule has 2 heterocycles. The molecule has 0 radical (unpaired) electrons. The van der Waals surface area contributed by atoms with Gasteiger partial charge in [-0.1, -0.05) is 37.3 Å². The standard InChI is InChI=1S/C29H41N3O3/c1-4-18-30(2)29(33)24-13-15-25(16-14-24)31(3)27(23-10-6-5-7-11-23)22-32-19-17-26(21-32)35-28-12-8-9-20-34-28/h5-7,10-11,13-16,26-28H,4,8-9,12,17-22H2,1-3H3/t26-,27?,28?/m0/s1. The monoisotopic (exact) mass is 479 g/mol. The van der Waals surface area contributed by atoms with Crippen molar-refractivity contribution in [3.8, 4) is 0 Å². The molecule has 190 valence electrons. The van der Waals surface area contributed by atoms with Crippen LogP contribution in [0.15, 0.2) is 54.6 Å². The molecule has 0 aliphatic carbocycles. The fraction of sp³-hybridized carbons (Fsp3) is 0.552. The van der Waals surface area contributed by atoms with Crippen molar-refractivity contribution in [2.24, 2.45) is 0 Å². The summed E-state index contributed by atoms with van der Waals surface area (Å²) in [4.78, 5) is 19.3. The summed E-state index contributed by atoms with van der Waals surface area (Å²) >= 11 is 0. The number of carbonyl (C=O) groups excluding carboxylic acids is 1. The largest absolute Gasteiger partial charge is 0.366 e. The minimum atomic E-state index is -0.0288. The van der Waals surface area contributed by atoms with Crippen molar-refractivity contribution in [3.63, 3.8) is 0 Å². The number of nitrogens with zero attached hydrogens (tertiary/aromatic N) is 3. The van der Waals surface area contributed by atoms with E-state index in [0.29, 0.717) is 0 Å². The van der Waals surface area contributed by atoms with Crippen LogP contribution in [-0.2, 0) is 9.47 Å². The molecular formula is C29H41N3O3. The van der Waals surface area contributed by atoms with Crippen LogP contribution in [0.4, 0.5) is 5.69 Å². The van der Waals surface area contributed by atoms with Gasteiger partial charge >= 0.3 is 0 Å². The molecule has 1 amide bonds. The van der Waals surface area contributed by atoms with Gasteiger partial charge in [-0.15, -0.1) is 0 Å². The molecule has 3 atom stereocenters. The second kappa shape index (κ2) is 12.5. The molecule has 2 fully saturated rings. The van der Waals surface area contributed by atoms with Crippen LogP contribution < -0.4 is 4.90 Å². The molecule has 2 aliphatic rings. The van der Waals surface area contributed by atoms with Crippen molar-refractivity contribution in [2.45, 2.75) is 57.5 Å². The highest BCUT2D eigenvalue weighted by Crippen LogP contribution is 2.29. The maximum Gasteiger partial charge on any atom is 0.253 e. The molecule has 2 unspecified atom stereocenters. The van der Waals surface area contributed by atoms with Gasteiger partial charge in [0, 0.05) is 58.1 Å². The molecule has 4 rings (SSSR count). The second-order valence-electron chi connectivity index (χ2n) is 9.91. The van der Waals surface area contributed by atoms with Gasteiger partial charge < -0.3 is 19.3 Å². The van der Waals surface area contributed by atoms with Crippen LogP contribution in [-0.4, -0.2) is 75.0 Å². The van der Waals surface area contributed by atoms with Crippen LogP contribution in [0.25, 0.3) is 0 Å². The van der Waals surface area contributed by atoms with E-state index < -0.39 is 0 Å². The highest BCUT2D eigenvalue weighted by molar-refractivity contribution is 5.94. The number of hydrogen-bond acceptors (Lipinski definition) is 5. The summed E-state index contributed by atoms with van der Waals surface area (Å²) in [7, 11) is 4.02. The fourth-order valence-corrected chi connectivity index (χ4v) is 5.15. The van der Waals surface area contributed by atoms with E-state index in [4.69, 9.17) is 9.47 Å². The van der Waals surface area contributed by atoms with Crippen LogP contribution in [0.2, 0.25) is 0 Å². The van der Waals surface area contributed by atoms with E-state index in [2.05, 4.69) is 66.2 Å². The first-order valence-corrected chi connectivity index (χ1v) is 13.2. The van der Waals surface area contributed by atoms with Crippen molar-refractivity contribution in [3.05, 3.63) is 65.7 Å². The summed E-state index contributed by atoms with van der Waals surface area (Å²) in [5.41, 5.74) is 3.13. The van der Waals surface area contributed by atoms with Crippen molar-refractivity contribution in [1.29, 1.82) is 0 Å². The molecule has 6 nitrogen and oxygen atoms in total. The van der Waals surface area contributed by atoms with E-state index in [0.717, 1.165) is 69.7 Å². The molecule has 0 N–H and O–H groups in total. The number of likely N-dealkylation sites (tertiary alicyclic amines) is 1. The Kier molecular flexibility index (Phi) is 9.18. The number of amides is 1. The summed E-state index contributed by atoms with van der Waals surface area (Å²) in [6.45, 7) is 6.57. The Morgan fingerprint density at radius 2 is 1.86 bits per heavy atom. The Balaban J connectivity index is 1.43. The van der Waals surface area contributed by atoms with Crippen molar-refractivity contribution < 1.29 is 14.3 Å². The zero-order chi connectivity index (χ0) is 24.6. The van der Waals surface area contributed by atoms with E-state index in [-0.39, 0.29) is 24.3 Å². The van der Waals surface area contributed by atoms with Gasteiger partial charge in [0.1, 0.15) is 0 Å². The molecule has 0 bridgehead atoms. The van der Waals surface area contributed by atoms with E-state index >= 15 is 0 Å². The Bertz CT molecular complexity index is 915. The molecule has 2 aromatic carbocycles. The minimum absolute atomic E-state index is 0.0288. The summed E-state index contributed by atoms with van der Waals surface area (Å²) in [5.74, 6) is 0.0747. The Labute approximate surface area is 210 Å². The number of hydrogen-bond donors (Lipinski definition) is 0. The average molecular weight is 480 g/mol. The second-order valence-corrected chi connectivity index (χ2v) is 9.91. The third kappa shape index (κ3) is 6.84. The lowest BCUT2D eigenvalue weighted by atomic mass is 10.0. The SMILES string of the molecule is CCCN(C)C(=O)c1ccc(N(C)C(CN2CC[C@H](OC3CCCCO3)C2)c2ccccc2)cc1. The van der Waals surface area contributed by atoms with Gasteiger partial charge in [0.25, 0.3) is 5.91 Å². The van der Waals surface area contributed by atoms with E-state index in [1.165, 1.54) is 12.0 Å². The average Bonchev–Trinajstić information content (AvgIpc) is 3.34.